The molecule has 1 heterocycles. The van der Waals surface area contributed by atoms with Crippen molar-refractivity contribution in [3.8, 4) is 0 Å². The Morgan fingerprint density at radius 1 is 1.19 bits per heavy atom. The molecule has 1 aliphatic rings. The van der Waals surface area contributed by atoms with Gasteiger partial charge in [0.25, 0.3) is 0 Å². The van der Waals surface area contributed by atoms with Gasteiger partial charge in [-0.15, -0.1) is 0 Å². The molecule has 21 heavy (non-hydrogen) atoms. The number of aliphatic hydroxyl groups is 1. The third-order valence-corrected chi connectivity index (χ3v) is 5.25. The van der Waals surface area contributed by atoms with Crippen molar-refractivity contribution < 1.29 is 5.11 Å². The highest BCUT2D eigenvalue weighted by atomic mass is 16.3. The minimum atomic E-state index is -0.231. The summed E-state index contributed by atoms with van der Waals surface area (Å²) in [6, 6.07) is 4.20. The minimum Gasteiger partial charge on any atom is -0.392 e. The van der Waals surface area contributed by atoms with Gasteiger partial charge in [0, 0.05) is 18.3 Å². The van der Waals surface area contributed by atoms with Crippen LogP contribution in [0.25, 0.3) is 0 Å². The first kappa shape index (κ1) is 16.5. The van der Waals surface area contributed by atoms with Crippen LogP contribution >= 0.6 is 0 Å². The largest absolute Gasteiger partial charge is 0.392 e. The van der Waals surface area contributed by atoms with Gasteiger partial charge < -0.3 is 5.11 Å². The fraction of sp³-hybridized carbons (Fsp3) is 0.737. The van der Waals surface area contributed by atoms with Crippen LogP contribution in [-0.2, 0) is 12.8 Å². The second-order valence-electron chi connectivity index (χ2n) is 7.76. The first-order chi connectivity index (χ1) is 9.90. The number of aromatic nitrogens is 1. The Kier molecular flexibility index (Phi) is 5.43. The van der Waals surface area contributed by atoms with Crippen molar-refractivity contribution >= 4 is 0 Å². The summed E-state index contributed by atoms with van der Waals surface area (Å²) in [6.45, 7) is 9.16. The Morgan fingerprint density at radius 3 is 2.33 bits per heavy atom. The highest BCUT2D eigenvalue weighted by Gasteiger charge is 2.32. The average molecular weight is 289 g/mol. The zero-order valence-corrected chi connectivity index (χ0v) is 14.1. The molecule has 1 fully saturated rings. The molecule has 118 valence electrons. The van der Waals surface area contributed by atoms with E-state index >= 15 is 0 Å². The number of aryl methyl sites for hydroxylation is 1. The second kappa shape index (κ2) is 6.91. The Balaban J connectivity index is 1.85. The van der Waals surface area contributed by atoms with Crippen LogP contribution < -0.4 is 0 Å². The highest BCUT2D eigenvalue weighted by molar-refractivity contribution is 5.14. The molecular formula is C19H31NO. The Labute approximate surface area is 130 Å². The maximum absolute atomic E-state index is 10.5. The molecule has 1 unspecified atom stereocenters. The molecular weight excluding hydrogens is 258 g/mol. The average Bonchev–Trinajstić information content (AvgIpc) is 2.47. The summed E-state index contributed by atoms with van der Waals surface area (Å²) in [4.78, 5) is 4.48. The summed E-state index contributed by atoms with van der Waals surface area (Å²) < 4.78 is 0. The summed E-state index contributed by atoms with van der Waals surface area (Å²) in [7, 11) is 0. The molecule has 0 radical (unpaired) electrons. The van der Waals surface area contributed by atoms with Crippen molar-refractivity contribution in [3.05, 3.63) is 29.6 Å². The van der Waals surface area contributed by atoms with Gasteiger partial charge in [-0.05, 0) is 61.0 Å². The third-order valence-electron chi connectivity index (χ3n) is 5.25. The molecule has 2 heteroatoms. The minimum absolute atomic E-state index is 0.231. The summed E-state index contributed by atoms with van der Waals surface area (Å²) >= 11 is 0. The molecule has 0 aromatic carbocycles. The molecule has 1 aliphatic carbocycles. The first-order valence-corrected chi connectivity index (χ1v) is 8.52. The fourth-order valence-electron chi connectivity index (χ4n) is 3.54. The van der Waals surface area contributed by atoms with Crippen molar-refractivity contribution in [2.24, 2.45) is 17.3 Å². The molecule has 1 N–H and O–H groups in total. The summed E-state index contributed by atoms with van der Waals surface area (Å²) in [6.07, 6.45) is 8.28. The lowest BCUT2D eigenvalue weighted by Gasteiger charge is -2.38. The van der Waals surface area contributed by atoms with E-state index in [1.54, 1.807) is 0 Å². The van der Waals surface area contributed by atoms with Crippen molar-refractivity contribution in [3.63, 3.8) is 0 Å². The van der Waals surface area contributed by atoms with E-state index in [0.717, 1.165) is 30.9 Å². The molecule has 1 aromatic heterocycles. The zero-order valence-electron chi connectivity index (χ0n) is 14.1. The van der Waals surface area contributed by atoms with E-state index in [9.17, 15) is 5.11 Å². The standard InChI is InChI=1S/C19H31NO/c1-5-14-6-11-17(20-13-14)12-18(21)15-7-9-16(10-8-15)19(2,3)4/h6,11,13,15-16,18,21H,5,7-10,12H2,1-4H3. The van der Waals surface area contributed by atoms with Crippen LogP contribution in [0, 0.1) is 17.3 Å². The lowest BCUT2D eigenvalue weighted by atomic mass is 9.68. The second-order valence-corrected chi connectivity index (χ2v) is 7.76. The van der Waals surface area contributed by atoms with Gasteiger partial charge in [-0.1, -0.05) is 33.8 Å². The predicted octanol–water partition coefficient (Wildman–Crippen LogP) is 4.40. The van der Waals surface area contributed by atoms with Gasteiger partial charge in [0.2, 0.25) is 0 Å². The molecule has 2 nitrogen and oxygen atoms in total. The summed E-state index contributed by atoms with van der Waals surface area (Å²) in [5.41, 5.74) is 2.70. The smallest absolute Gasteiger partial charge is 0.0623 e. The molecule has 0 amide bonds. The summed E-state index contributed by atoms with van der Waals surface area (Å²) in [5, 5.41) is 10.5. The van der Waals surface area contributed by atoms with Gasteiger partial charge in [0.15, 0.2) is 0 Å². The number of hydrogen-bond donors (Lipinski definition) is 1. The molecule has 0 spiro atoms. The Morgan fingerprint density at radius 2 is 1.86 bits per heavy atom. The maximum Gasteiger partial charge on any atom is 0.0623 e. The summed E-state index contributed by atoms with van der Waals surface area (Å²) in [5.74, 6) is 1.26. The van der Waals surface area contributed by atoms with Crippen molar-refractivity contribution in [1.82, 2.24) is 4.98 Å². The van der Waals surface area contributed by atoms with Crippen molar-refractivity contribution in [1.29, 1.82) is 0 Å². The lowest BCUT2D eigenvalue weighted by molar-refractivity contribution is 0.0531. The molecule has 1 saturated carbocycles. The monoisotopic (exact) mass is 289 g/mol. The third kappa shape index (κ3) is 4.54. The van der Waals surface area contributed by atoms with Crippen LogP contribution in [0.15, 0.2) is 18.3 Å². The SMILES string of the molecule is CCc1ccc(CC(O)C2CCC(C(C)(C)C)CC2)nc1. The van der Waals surface area contributed by atoms with Gasteiger partial charge in [-0.2, -0.15) is 0 Å². The van der Waals surface area contributed by atoms with Crippen molar-refractivity contribution in [2.75, 3.05) is 0 Å². The van der Waals surface area contributed by atoms with E-state index in [4.69, 9.17) is 0 Å². The fourth-order valence-corrected chi connectivity index (χ4v) is 3.54. The van der Waals surface area contributed by atoms with Crippen LogP contribution in [0.5, 0.6) is 0 Å². The maximum atomic E-state index is 10.5. The predicted molar refractivity (Wildman–Crippen MR) is 88.2 cm³/mol. The van der Waals surface area contributed by atoms with Crippen LogP contribution in [0.1, 0.15) is 64.6 Å². The number of aliphatic hydroxyl groups excluding tert-OH is 1. The van der Waals surface area contributed by atoms with Gasteiger partial charge in [-0.25, -0.2) is 0 Å². The van der Waals surface area contributed by atoms with E-state index in [1.807, 2.05) is 6.20 Å². The van der Waals surface area contributed by atoms with Gasteiger partial charge >= 0.3 is 0 Å². The number of pyridine rings is 1. The topological polar surface area (TPSA) is 33.1 Å². The van der Waals surface area contributed by atoms with E-state index < -0.39 is 0 Å². The van der Waals surface area contributed by atoms with Gasteiger partial charge in [0.05, 0.1) is 6.10 Å². The number of rotatable bonds is 4. The molecule has 1 atom stereocenters. The van der Waals surface area contributed by atoms with Crippen LogP contribution in [-0.4, -0.2) is 16.2 Å². The Bertz CT molecular complexity index is 424. The van der Waals surface area contributed by atoms with Crippen LogP contribution in [0.3, 0.4) is 0 Å². The Hall–Kier alpha value is -0.890. The molecule has 2 rings (SSSR count). The molecule has 0 aliphatic heterocycles. The highest BCUT2D eigenvalue weighted by Crippen LogP contribution is 2.40. The van der Waals surface area contributed by atoms with E-state index in [0.29, 0.717) is 17.8 Å². The van der Waals surface area contributed by atoms with E-state index in [1.165, 1.54) is 18.4 Å². The molecule has 0 bridgehead atoms. The zero-order chi connectivity index (χ0) is 15.5. The van der Waals surface area contributed by atoms with E-state index in [2.05, 4.69) is 44.8 Å². The van der Waals surface area contributed by atoms with Crippen LogP contribution in [0.4, 0.5) is 0 Å². The molecule has 0 saturated heterocycles. The molecule has 1 aromatic rings. The lowest BCUT2D eigenvalue weighted by Crippen LogP contribution is -2.31. The van der Waals surface area contributed by atoms with Crippen molar-refractivity contribution in [2.45, 2.75) is 72.3 Å². The number of hydrogen-bond acceptors (Lipinski definition) is 2. The normalized spacial score (nSPS) is 24.8. The number of nitrogens with zero attached hydrogens (tertiary/aromatic N) is 1. The first-order valence-electron chi connectivity index (χ1n) is 8.52. The quantitative estimate of drug-likeness (QED) is 0.891. The van der Waals surface area contributed by atoms with Gasteiger partial charge in [-0.3, -0.25) is 4.98 Å². The van der Waals surface area contributed by atoms with Gasteiger partial charge in [0.1, 0.15) is 0 Å². The van der Waals surface area contributed by atoms with Crippen LogP contribution in [0.2, 0.25) is 0 Å². The van der Waals surface area contributed by atoms with E-state index in [-0.39, 0.29) is 6.10 Å².